The molecule has 106 valence electrons. The van der Waals surface area contributed by atoms with Crippen LogP contribution >= 0.6 is 11.6 Å². The van der Waals surface area contributed by atoms with Crippen LogP contribution < -0.4 is 10.1 Å². The van der Waals surface area contributed by atoms with Gasteiger partial charge in [0.05, 0.1) is 7.11 Å². The average molecular weight is 284 g/mol. The summed E-state index contributed by atoms with van der Waals surface area (Å²) in [6, 6.07) is 5.48. The Kier molecular flexibility index (Phi) is 6.71. The van der Waals surface area contributed by atoms with Crippen LogP contribution in [0.2, 0.25) is 0 Å². The van der Waals surface area contributed by atoms with E-state index in [1.165, 1.54) is 0 Å². The monoisotopic (exact) mass is 283 g/mol. The molecule has 0 bridgehead atoms. The lowest BCUT2D eigenvalue weighted by molar-refractivity contribution is 0.0952. The molecule has 19 heavy (non-hydrogen) atoms. The zero-order valence-electron chi connectivity index (χ0n) is 11.8. The Bertz CT molecular complexity index is 421. The molecule has 0 radical (unpaired) electrons. The van der Waals surface area contributed by atoms with Crippen molar-refractivity contribution in [3.63, 3.8) is 0 Å². The van der Waals surface area contributed by atoms with Gasteiger partial charge in [-0.2, -0.15) is 0 Å². The molecule has 0 saturated heterocycles. The zero-order valence-corrected chi connectivity index (χ0v) is 12.6. The van der Waals surface area contributed by atoms with E-state index in [2.05, 4.69) is 12.2 Å². The number of nitrogens with one attached hydrogen (secondary N) is 1. The number of aryl methyl sites for hydroxylation is 1. The number of methoxy groups -OCH3 is 1. The summed E-state index contributed by atoms with van der Waals surface area (Å²) >= 11 is 5.74. The van der Waals surface area contributed by atoms with Crippen LogP contribution in [0.5, 0.6) is 5.75 Å². The van der Waals surface area contributed by atoms with Gasteiger partial charge >= 0.3 is 0 Å². The van der Waals surface area contributed by atoms with E-state index in [0.717, 1.165) is 24.2 Å². The van der Waals surface area contributed by atoms with Crippen molar-refractivity contribution in [3.8, 4) is 5.75 Å². The summed E-state index contributed by atoms with van der Waals surface area (Å²) in [7, 11) is 1.61. The molecular weight excluding hydrogens is 262 g/mol. The smallest absolute Gasteiger partial charge is 0.251 e. The molecule has 1 unspecified atom stereocenters. The molecule has 1 N–H and O–H groups in total. The summed E-state index contributed by atoms with van der Waals surface area (Å²) in [5, 5.41) is 2.91. The summed E-state index contributed by atoms with van der Waals surface area (Å²) in [5.74, 6) is 1.85. The van der Waals surface area contributed by atoms with E-state index in [0.29, 0.717) is 23.9 Å². The molecule has 0 aliphatic rings. The van der Waals surface area contributed by atoms with Gasteiger partial charge < -0.3 is 10.1 Å². The van der Waals surface area contributed by atoms with Gasteiger partial charge in [-0.1, -0.05) is 13.0 Å². The van der Waals surface area contributed by atoms with Crippen LogP contribution in [-0.2, 0) is 0 Å². The number of carbonyl (C=O) groups excluding carboxylic acids is 1. The van der Waals surface area contributed by atoms with Gasteiger partial charge in [-0.05, 0) is 43.4 Å². The molecule has 4 heteroatoms. The third-order valence-corrected chi connectivity index (χ3v) is 3.62. The first-order chi connectivity index (χ1) is 9.08. The van der Waals surface area contributed by atoms with E-state index in [1.807, 2.05) is 19.1 Å². The number of hydrogen-bond acceptors (Lipinski definition) is 2. The molecule has 1 amide bonds. The van der Waals surface area contributed by atoms with Crippen molar-refractivity contribution in [2.45, 2.75) is 26.7 Å². The molecule has 0 heterocycles. The minimum Gasteiger partial charge on any atom is -0.496 e. The Hall–Kier alpha value is -1.22. The molecule has 1 aromatic rings. The Balaban J connectivity index is 2.45. The van der Waals surface area contributed by atoms with Gasteiger partial charge in [0.25, 0.3) is 5.91 Å². The van der Waals surface area contributed by atoms with Crippen molar-refractivity contribution in [1.82, 2.24) is 5.32 Å². The van der Waals surface area contributed by atoms with Crippen LogP contribution in [0.25, 0.3) is 0 Å². The second-order valence-electron chi connectivity index (χ2n) is 4.84. The number of carbonyl (C=O) groups is 1. The van der Waals surface area contributed by atoms with Crippen molar-refractivity contribution < 1.29 is 9.53 Å². The number of hydrogen-bond donors (Lipinski definition) is 1. The predicted molar refractivity (Wildman–Crippen MR) is 79.2 cm³/mol. The molecule has 0 spiro atoms. The van der Waals surface area contributed by atoms with Crippen LogP contribution in [-0.4, -0.2) is 25.4 Å². The van der Waals surface area contributed by atoms with Gasteiger partial charge in [-0.3, -0.25) is 4.79 Å². The first kappa shape index (κ1) is 15.8. The lowest BCUT2D eigenvalue weighted by Crippen LogP contribution is -2.24. The van der Waals surface area contributed by atoms with Crippen LogP contribution in [0.4, 0.5) is 0 Å². The topological polar surface area (TPSA) is 38.3 Å². The standard InChI is InChI=1S/C15H22ClNO2/c1-11(10-16)5-4-8-17-15(18)13-7-6-12(2)14(9-13)19-3/h6-7,9,11H,4-5,8,10H2,1-3H3,(H,17,18). The van der Waals surface area contributed by atoms with E-state index in [1.54, 1.807) is 13.2 Å². The van der Waals surface area contributed by atoms with Gasteiger partial charge in [-0.15, -0.1) is 11.6 Å². The SMILES string of the molecule is COc1cc(C(=O)NCCCC(C)CCl)ccc1C. The maximum atomic E-state index is 11.9. The second-order valence-corrected chi connectivity index (χ2v) is 5.15. The highest BCUT2D eigenvalue weighted by molar-refractivity contribution is 6.18. The van der Waals surface area contributed by atoms with Crippen molar-refractivity contribution in [2.75, 3.05) is 19.5 Å². The number of amides is 1. The molecule has 1 rings (SSSR count). The summed E-state index contributed by atoms with van der Waals surface area (Å²) < 4.78 is 5.21. The first-order valence-electron chi connectivity index (χ1n) is 6.57. The molecule has 0 aromatic heterocycles. The number of benzene rings is 1. The Morgan fingerprint density at radius 1 is 1.47 bits per heavy atom. The Labute approximate surface area is 120 Å². The average Bonchev–Trinajstić information content (AvgIpc) is 2.43. The van der Waals surface area contributed by atoms with Crippen molar-refractivity contribution in [3.05, 3.63) is 29.3 Å². The Morgan fingerprint density at radius 2 is 2.21 bits per heavy atom. The fourth-order valence-electron chi connectivity index (χ4n) is 1.79. The number of halogens is 1. The summed E-state index contributed by atoms with van der Waals surface area (Å²) in [4.78, 5) is 11.9. The molecule has 0 aliphatic carbocycles. The number of rotatable bonds is 7. The third-order valence-electron chi connectivity index (χ3n) is 3.09. The molecular formula is C15H22ClNO2. The van der Waals surface area contributed by atoms with Gasteiger partial charge in [0.15, 0.2) is 0 Å². The van der Waals surface area contributed by atoms with E-state index in [9.17, 15) is 4.79 Å². The first-order valence-corrected chi connectivity index (χ1v) is 7.10. The minimum atomic E-state index is -0.0585. The second kappa shape index (κ2) is 8.05. The van der Waals surface area contributed by atoms with Crippen LogP contribution in [0.1, 0.15) is 35.7 Å². The van der Waals surface area contributed by atoms with Crippen LogP contribution in [0, 0.1) is 12.8 Å². The molecule has 1 aromatic carbocycles. The fraction of sp³-hybridized carbons (Fsp3) is 0.533. The van der Waals surface area contributed by atoms with E-state index in [4.69, 9.17) is 16.3 Å². The minimum absolute atomic E-state index is 0.0585. The van der Waals surface area contributed by atoms with E-state index < -0.39 is 0 Å². The van der Waals surface area contributed by atoms with E-state index >= 15 is 0 Å². The lowest BCUT2D eigenvalue weighted by Gasteiger charge is -2.10. The highest BCUT2D eigenvalue weighted by Crippen LogP contribution is 2.18. The lowest BCUT2D eigenvalue weighted by atomic mass is 10.1. The van der Waals surface area contributed by atoms with Gasteiger partial charge in [0, 0.05) is 18.0 Å². The molecule has 0 saturated carbocycles. The highest BCUT2D eigenvalue weighted by atomic mass is 35.5. The summed E-state index contributed by atoms with van der Waals surface area (Å²) in [6.07, 6.45) is 1.98. The van der Waals surface area contributed by atoms with Crippen molar-refractivity contribution in [1.29, 1.82) is 0 Å². The maximum Gasteiger partial charge on any atom is 0.251 e. The van der Waals surface area contributed by atoms with Gasteiger partial charge in [0.1, 0.15) is 5.75 Å². The number of alkyl halides is 1. The summed E-state index contributed by atoms with van der Waals surface area (Å²) in [5.41, 5.74) is 1.66. The predicted octanol–water partition coefficient (Wildman–Crippen LogP) is 3.39. The number of ether oxygens (including phenoxy) is 1. The van der Waals surface area contributed by atoms with Crippen molar-refractivity contribution in [2.24, 2.45) is 5.92 Å². The Morgan fingerprint density at radius 3 is 2.84 bits per heavy atom. The quantitative estimate of drug-likeness (QED) is 0.615. The maximum absolute atomic E-state index is 11.9. The summed E-state index contributed by atoms with van der Waals surface area (Å²) in [6.45, 7) is 4.74. The third kappa shape index (κ3) is 5.11. The molecule has 3 nitrogen and oxygen atoms in total. The highest BCUT2D eigenvalue weighted by Gasteiger charge is 2.08. The molecule has 1 atom stereocenters. The van der Waals surface area contributed by atoms with Crippen molar-refractivity contribution >= 4 is 17.5 Å². The van der Waals surface area contributed by atoms with Gasteiger partial charge in [0.2, 0.25) is 0 Å². The van der Waals surface area contributed by atoms with Crippen LogP contribution in [0.15, 0.2) is 18.2 Å². The van der Waals surface area contributed by atoms with E-state index in [-0.39, 0.29) is 5.91 Å². The largest absolute Gasteiger partial charge is 0.496 e. The fourth-order valence-corrected chi connectivity index (χ4v) is 1.95. The molecule has 0 fully saturated rings. The van der Waals surface area contributed by atoms with Gasteiger partial charge in [-0.25, -0.2) is 0 Å². The zero-order chi connectivity index (χ0) is 14.3. The normalized spacial score (nSPS) is 12.0. The molecule has 0 aliphatic heterocycles. The van der Waals surface area contributed by atoms with Crippen LogP contribution in [0.3, 0.4) is 0 Å².